The number of aromatic nitrogens is 2. The summed E-state index contributed by atoms with van der Waals surface area (Å²) < 4.78 is 1.64. The Balaban J connectivity index is 1.51. The fourth-order valence-electron chi connectivity index (χ4n) is 3.34. The third kappa shape index (κ3) is 2.84. The Bertz CT molecular complexity index is 854. The van der Waals surface area contributed by atoms with E-state index in [1.807, 2.05) is 18.2 Å². The molecule has 0 bridgehead atoms. The fraction of sp³-hybridized carbons (Fsp3) is 0.316. The number of rotatable bonds is 2. The van der Waals surface area contributed by atoms with E-state index in [9.17, 15) is 9.59 Å². The van der Waals surface area contributed by atoms with Gasteiger partial charge in [0.05, 0.1) is 6.54 Å². The minimum absolute atomic E-state index is 0.0808. The molecule has 0 fully saturated rings. The Morgan fingerprint density at radius 2 is 1.92 bits per heavy atom. The number of carbonyl (C=O) groups is 2. The van der Waals surface area contributed by atoms with Gasteiger partial charge in [0.1, 0.15) is 5.69 Å². The first-order valence-corrected chi connectivity index (χ1v) is 8.50. The maximum Gasteiger partial charge on any atom is 0.274 e. The van der Waals surface area contributed by atoms with E-state index in [0.717, 1.165) is 6.42 Å². The second-order valence-electron chi connectivity index (χ2n) is 6.46. The molecule has 1 aromatic carbocycles. The Morgan fingerprint density at radius 3 is 2.64 bits per heavy atom. The molecule has 0 saturated heterocycles. The highest BCUT2D eigenvalue weighted by Crippen LogP contribution is 2.23. The van der Waals surface area contributed by atoms with Gasteiger partial charge in [-0.15, -0.1) is 0 Å². The number of hydrogen-bond acceptors (Lipinski definition) is 3. The lowest BCUT2D eigenvalue weighted by Gasteiger charge is -2.26. The summed E-state index contributed by atoms with van der Waals surface area (Å²) in [7, 11) is 1.76. The van der Waals surface area contributed by atoms with Gasteiger partial charge in [0.15, 0.2) is 5.69 Å². The van der Waals surface area contributed by atoms with E-state index in [1.54, 1.807) is 27.6 Å². The molecule has 2 aliphatic rings. The zero-order valence-corrected chi connectivity index (χ0v) is 14.2. The molecule has 6 heteroatoms. The Morgan fingerprint density at radius 1 is 1.12 bits per heavy atom. The molecule has 0 spiro atoms. The summed E-state index contributed by atoms with van der Waals surface area (Å²) in [5, 5.41) is 4.35. The molecule has 2 aromatic rings. The highest BCUT2D eigenvalue weighted by Gasteiger charge is 2.28. The number of likely N-dealkylation sites (N-methyl/N-ethyl adjacent to an activating group) is 1. The summed E-state index contributed by atoms with van der Waals surface area (Å²) in [6, 6.07) is 11.9. The van der Waals surface area contributed by atoms with Gasteiger partial charge in [0.25, 0.3) is 11.8 Å². The zero-order chi connectivity index (χ0) is 17.4. The van der Waals surface area contributed by atoms with Crippen molar-refractivity contribution >= 4 is 17.4 Å². The molecule has 0 atom stereocenters. The van der Waals surface area contributed by atoms with Crippen LogP contribution >= 0.6 is 0 Å². The van der Waals surface area contributed by atoms with Crippen molar-refractivity contribution < 1.29 is 9.59 Å². The quantitative estimate of drug-likeness (QED) is 0.842. The van der Waals surface area contributed by atoms with Crippen molar-refractivity contribution in [1.82, 2.24) is 19.6 Å². The van der Waals surface area contributed by atoms with Gasteiger partial charge in [-0.05, 0) is 17.6 Å². The lowest BCUT2D eigenvalue weighted by atomic mass is 9.99. The van der Waals surface area contributed by atoms with E-state index in [4.69, 9.17) is 0 Å². The first-order valence-electron chi connectivity index (χ1n) is 8.50. The predicted octanol–water partition coefficient (Wildman–Crippen LogP) is 1.90. The van der Waals surface area contributed by atoms with Crippen molar-refractivity contribution in [1.29, 1.82) is 0 Å². The van der Waals surface area contributed by atoms with Gasteiger partial charge in [-0.1, -0.05) is 36.4 Å². The molecular formula is C19H20N4O2. The summed E-state index contributed by atoms with van der Waals surface area (Å²) in [6.07, 6.45) is 2.93. The monoisotopic (exact) mass is 336 g/mol. The van der Waals surface area contributed by atoms with Gasteiger partial charge >= 0.3 is 0 Å². The Kier molecular flexibility index (Phi) is 3.87. The lowest BCUT2D eigenvalue weighted by Crippen LogP contribution is -2.37. The van der Waals surface area contributed by atoms with Gasteiger partial charge in [-0.3, -0.25) is 14.3 Å². The van der Waals surface area contributed by atoms with Crippen LogP contribution in [0.5, 0.6) is 0 Å². The average molecular weight is 336 g/mol. The highest BCUT2D eigenvalue weighted by molar-refractivity contribution is 5.98. The number of hydrogen-bond donors (Lipinski definition) is 0. The van der Waals surface area contributed by atoms with E-state index < -0.39 is 0 Å². The summed E-state index contributed by atoms with van der Waals surface area (Å²) >= 11 is 0. The average Bonchev–Trinajstić information content (AvgIpc) is 3.10. The molecule has 0 radical (unpaired) electrons. The Labute approximate surface area is 146 Å². The van der Waals surface area contributed by atoms with E-state index >= 15 is 0 Å². The first kappa shape index (κ1) is 15.6. The van der Waals surface area contributed by atoms with E-state index in [-0.39, 0.29) is 11.8 Å². The van der Waals surface area contributed by atoms with Crippen molar-refractivity contribution in [3.05, 3.63) is 59.4 Å². The maximum atomic E-state index is 12.7. The van der Waals surface area contributed by atoms with Gasteiger partial charge < -0.3 is 9.80 Å². The van der Waals surface area contributed by atoms with E-state index in [2.05, 4.69) is 23.3 Å². The van der Waals surface area contributed by atoms with E-state index in [1.165, 1.54) is 11.1 Å². The third-order valence-electron chi connectivity index (χ3n) is 4.85. The third-order valence-corrected chi connectivity index (χ3v) is 4.85. The molecule has 128 valence electrons. The van der Waals surface area contributed by atoms with Crippen LogP contribution < -0.4 is 0 Å². The largest absolute Gasteiger partial charge is 0.339 e. The SMILES string of the molecule is CN1CCn2nc(C(=O)N3CC=C(c4ccccc4)CC3)cc2C1=O. The summed E-state index contributed by atoms with van der Waals surface area (Å²) in [6.45, 7) is 2.48. The molecule has 4 rings (SSSR count). The minimum Gasteiger partial charge on any atom is -0.339 e. The van der Waals surface area contributed by atoms with Crippen LogP contribution in [0.25, 0.3) is 5.57 Å². The standard InChI is InChI=1S/C19H20N4O2/c1-21-11-12-23-17(19(21)25)13-16(20-23)18(24)22-9-7-15(8-10-22)14-5-3-2-4-6-14/h2-7,13H,8-12H2,1H3. The van der Waals surface area contributed by atoms with Crippen molar-refractivity contribution in [3.8, 4) is 0 Å². The van der Waals surface area contributed by atoms with Crippen molar-refractivity contribution in [3.63, 3.8) is 0 Å². The highest BCUT2D eigenvalue weighted by atomic mass is 16.2. The molecule has 0 saturated carbocycles. The minimum atomic E-state index is -0.110. The molecule has 1 aromatic heterocycles. The molecule has 6 nitrogen and oxygen atoms in total. The van der Waals surface area contributed by atoms with Crippen LogP contribution in [0.2, 0.25) is 0 Å². The smallest absolute Gasteiger partial charge is 0.274 e. The van der Waals surface area contributed by atoms with Gasteiger partial charge in [-0.25, -0.2) is 0 Å². The number of benzene rings is 1. The normalized spacial score (nSPS) is 17.3. The second-order valence-corrected chi connectivity index (χ2v) is 6.46. The first-order chi connectivity index (χ1) is 12.1. The molecule has 2 aliphatic heterocycles. The van der Waals surface area contributed by atoms with Gasteiger partial charge in [-0.2, -0.15) is 5.10 Å². The molecule has 0 unspecified atom stereocenters. The van der Waals surface area contributed by atoms with Crippen LogP contribution in [-0.2, 0) is 6.54 Å². The molecule has 25 heavy (non-hydrogen) atoms. The second kappa shape index (κ2) is 6.20. The zero-order valence-electron chi connectivity index (χ0n) is 14.2. The van der Waals surface area contributed by atoms with Crippen LogP contribution in [0.15, 0.2) is 42.5 Å². The van der Waals surface area contributed by atoms with Gasteiger partial charge in [0, 0.05) is 32.7 Å². The van der Waals surface area contributed by atoms with Crippen LogP contribution in [0.1, 0.15) is 33.0 Å². The predicted molar refractivity (Wildman–Crippen MR) is 94.1 cm³/mol. The van der Waals surface area contributed by atoms with Crippen LogP contribution in [0, 0.1) is 0 Å². The molecule has 2 amide bonds. The summed E-state index contributed by atoms with van der Waals surface area (Å²) in [4.78, 5) is 28.3. The van der Waals surface area contributed by atoms with Crippen LogP contribution in [-0.4, -0.2) is 58.1 Å². The Hall–Kier alpha value is -2.89. The summed E-state index contributed by atoms with van der Waals surface area (Å²) in [5.41, 5.74) is 3.33. The number of fused-ring (bicyclic) bond motifs is 1. The number of amides is 2. The molecule has 0 N–H and O–H groups in total. The molecule has 0 aliphatic carbocycles. The maximum absolute atomic E-state index is 12.7. The van der Waals surface area contributed by atoms with Crippen LogP contribution in [0.3, 0.4) is 0 Å². The number of nitrogens with zero attached hydrogens (tertiary/aromatic N) is 4. The number of carbonyl (C=O) groups excluding carboxylic acids is 2. The van der Waals surface area contributed by atoms with Crippen molar-refractivity contribution in [2.24, 2.45) is 0 Å². The van der Waals surface area contributed by atoms with Crippen LogP contribution in [0.4, 0.5) is 0 Å². The fourth-order valence-corrected chi connectivity index (χ4v) is 3.34. The topological polar surface area (TPSA) is 58.4 Å². The van der Waals surface area contributed by atoms with Crippen molar-refractivity contribution in [2.45, 2.75) is 13.0 Å². The molecule has 3 heterocycles. The van der Waals surface area contributed by atoms with Crippen molar-refractivity contribution in [2.75, 3.05) is 26.7 Å². The van der Waals surface area contributed by atoms with Gasteiger partial charge in [0.2, 0.25) is 0 Å². The summed E-state index contributed by atoms with van der Waals surface area (Å²) in [5.74, 6) is -0.191. The van der Waals surface area contributed by atoms with E-state index in [0.29, 0.717) is 37.6 Å². The lowest BCUT2D eigenvalue weighted by molar-refractivity contribution is 0.0737. The molecular weight excluding hydrogens is 316 g/mol.